The summed E-state index contributed by atoms with van der Waals surface area (Å²) in [4.78, 5) is 4.59. The molecule has 8 nitrogen and oxygen atoms in total. The average molecular weight is 797 g/mol. The molecule has 2 aliphatic heterocycles. The van der Waals surface area contributed by atoms with E-state index in [0.29, 0.717) is 59.0 Å². The van der Waals surface area contributed by atoms with E-state index >= 15 is 0 Å². The topological polar surface area (TPSA) is 98.8 Å². The Morgan fingerprint density at radius 1 is 0.700 bits per heavy atom. The molecule has 4 aromatic rings. The van der Waals surface area contributed by atoms with Crippen LogP contribution >= 0.6 is 46.4 Å². The Kier molecular flexibility index (Phi) is 11.4. The number of nitrogens with zero attached hydrogens (tertiary/aromatic N) is 2. The minimum atomic E-state index is -3.80. The van der Waals surface area contributed by atoms with Gasteiger partial charge in [-0.25, -0.2) is 26.3 Å². The molecule has 0 saturated heterocycles. The lowest BCUT2D eigenvalue weighted by atomic mass is 9.85. The molecule has 2 heterocycles. The highest BCUT2D eigenvalue weighted by Crippen LogP contribution is 2.41. The van der Waals surface area contributed by atoms with Crippen LogP contribution in [0.3, 0.4) is 0 Å². The van der Waals surface area contributed by atoms with E-state index in [9.17, 15) is 16.8 Å². The maximum Gasteiger partial charge on any atom is 0.240 e. The fraction of sp³-hybridized carbons (Fsp3) is 0.333. The highest BCUT2D eigenvalue weighted by molar-refractivity contribution is 7.89. The number of anilines is 1. The van der Waals surface area contributed by atoms with Crippen molar-refractivity contribution in [2.45, 2.75) is 47.4 Å². The standard InChI is InChI=1S/C36H38Cl4N4O4S2/c1-43-21-32(30-16-26(37)17-35(40)33(30)22-43)24-8-6-10-29(14-24)50(47,48)42-12-4-3-11-41-49(45,46)28-9-5-7-23(13-28)25-15-31-34(39)18-27(38)19-36(31)44(2)20-25/h5-10,13-14,16-19,25,32,41-42H,3-4,11-12,15,20-22H2,1-2H3. The Hall–Kier alpha value is -2.38. The Labute approximate surface area is 314 Å². The molecule has 0 saturated carbocycles. The third-order valence-electron chi connectivity index (χ3n) is 9.38. The van der Waals surface area contributed by atoms with Crippen molar-refractivity contribution in [1.82, 2.24) is 14.3 Å². The van der Waals surface area contributed by atoms with E-state index in [1.807, 2.05) is 38.4 Å². The lowest BCUT2D eigenvalue weighted by molar-refractivity contribution is 0.295. The number of nitrogens with one attached hydrogen (secondary N) is 2. The van der Waals surface area contributed by atoms with Crippen molar-refractivity contribution in [2.24, 2.45) is 0 Å². The first-order valence-electron chi connectivity index (χ1n) is 16.3. The van der Waals surface area contributed by atoms with Crippen molar-refractivity contribution in [3.8, 4) is 0 Å². The molecule has 0 bridgehead atoms. The van der Waals surface area contributed by atoms with Gasteiger partial charge in [0.25, 0.3) is 0 Å². The zero-order chi connectivity index (χ0) is 35.8. The maximum absolute atomic E-state index is 13.3. The largest absolute Gasteiger partial charge is 0.374 e. The van der Waals surface area contributed by atoms with E-state index in [4.69, 9.17) is 46.4 Å². The molecule has 0 aromatic heterocycles. The first kappa shape index (κ1) is 37.4. The minimum Gasteiger partial charge on any atom is -0.374 e. The van der Waals surface area contributed by atoms with Gasteiger partial charge in [-0.2, -0.15) is 0 Å². The van der Waals surface area contributed by atoms with Crippen LogP contribution in [-0.4, -0.2) is 62.0 Å². The molecular weight excluding hydrogens is 758 g/mol. The lowest BCUT2D eigenvalue weighted by Gasteiger charge is -2.34. The van der Waals surface area contributed by atoms with Gasteiger partial charge in [-0.15, -0.1) is 0 Å². The quantitative estimate of drug-likeness (QED) is 0.151. The number of halogens is 4. The number of benzene rings is 4. The third kappa shape index (κ3) is 8.30. The number of rotatable bonds is 11. The summed E-state index contributed by atoms with van der Waals surface area (Å²) in [5.74, 6) is -0.0468. The predicted octanol–water partition coefficient (Wildman–Crippen LogP) is 7.69. The summed E-state index contributed by atoms with van der Waals surface area (Å²) in [6.07, 6.45) is 1.56. The van der Waals surface area contributed by atoms with Crippen LogP contribution in [0.2, 0.25) is 20.1 Å². The summed E-state index contributed by atoms with van der Waals surface area (Å²) in [6, 6.07) is 21.2. The Balaban J connectivity index is 1.03. The molecule has 4 aromatic carbocycles. The molecule has 0 aliphatic carbocycles. The third-order valence-corrected chi connectivity index (χ3v) is 13.4. The van der Waals surface area contributed by atoms with Crippen molar-refractivity contribution >= 4 is 72.1 Å². The fourth-order valence-electron chi connectivity index (χ4n) is 6.89. The molecule has 0 radical (unpaired) electrons. The van der Waals surface area contributed by atoms with Crippen LogP contribution in [-0.2, 0) is 33.0 Å². The molecule has 50 heavy (non-hydrogen) atoms. The Bertz CT molecular complexity index is 2130. The number of sulfonamides is 2. The molecule has 266 valence electrons. The van der Waals surface area contributed by atoms with Crippen LogP contribution in [0.15, 0.2) is 82.6 Å². The number of unbranched alkanes of at least 4 members (excludes halogenated alkanes) is 1. The molecule has 2 N–H and O–H groups in total. The Morgan fingerprint density at radius 2 is 1.26 bits per heavy atom. The first-order valence-corrected chi connectivity index (χ1v) is 20.7. The minimum absolute atomic E-state index is 0.0480. The van der Waals surface area contributed by atoms with Crippen molar-refractivity contribution in [1.29, 1.82) is 0 Å². The van der Waals surface area contributed by atoms with E-state index in [1.165, 1.54) is 0 Å². The van der Waals surface area contributed by atoms with Crippen LogP contribution in [0.5, 0.6) is 0 Å². The molecule has 2 atom stereocenters. The maximum atomic E-state index is 13.3. The number of hydrogen-bond acceptors (Lipinski definition) is 6. The fourth-order valence-corrected chi connectivity index (χ4v) is 10.3. The zero-order valence-corrected chi connectivity index (χ0v) is 32.3. The van der Waals surface area contributed by atoms with E-state index in [1.54, 1.807) is 48.5 Å². The summed E-state index contributed by atoms with van der Waals surface area (Å²) in [5.41, 5.74) is 5.72. The van der Waals surface area contributed by atoms with E-state index in [0.717, 1.165) is 33.5 Å². The molecule has 6 rings (SSSR count). The van der Waals surface area contributed by atoms with Crippen LogP contribution in [0.4, 0.5) is 5.69 Å². The normalized spacial score (nSPS) is 18.2. The molecule has 0 amide bonds. The van der Waals surface area contributed by atoms with Gasteiger partial charge < -0.3 is 9.80 Å². The highest BCUT2D eigenvalue weighted by Gasteiger charge is 2.29. The predicted molar refractivity (Wildman–Crippen MR) is 203 cm³/mol. The van der Waals surface area contributed by atoms with Gasteiger partial charge in [0, 0.05) is 77.4 Å². The van der Waals surface area contributed by atoms with E-state index < -0.39 is 20.0 Å². The van der Waals surface area contributed by atoms with E-state index in [2.05, 4.69) is 19.2 Å². The van der Waals surface area contributed by atoms with Crippen molar-refractivity contribution in [3.05, 3.63) is 121 Å². The second kappa shape index (κ2) is 15.3. The number of hydrogen-bond donors (Lipinski definition) is 2. The van der Waals surface area contributed by atoms with Crippen LogP contribution < -0.4 is 14.3 Å². The molecule has 0 fully saturated rings. The van der Waals surface area contributed by atoms with Crippen molar-refractivity contribution in [2.75, 3.05) is 45.2 Å². The van der Waals surface area contributed by atoms with Gasteiger partial charge in [-0.1, -0.05) is 70.7 Å². The SMILES string of the molecule is CN1Cc2c(Cl)cc(Cl)cc2C(c2cccc(S(=O)(=O)NCCCCNS(=O)(=O)c3cccc(C4Cc5c(Cl)cc(Cl)cc5N(C)C4)c3)c2)C1. The van der Waals surface area contributed by atoms with Crippen molar-refractivity contribution < 1.29 is 16.8 Å². The monoisotopic (exact) mass is 794 g/mol. The second-order valence-corrected chi connectivity index (χ2v) is 18.2. The van der Waals surface area contributed by atoms with Gasteiger partial charge in [-0.05, 0) is 103 Å². The highest BCUT2D eigenvalue weighted by atomic mass is 35.5. The lowest BCUT2D eigenvalue weighted by Crippen LogP contribution is -2.31. The smallest absolute Gasteiger partial charge is 0.240 e. The van der Waals surface area contributed by atoms with Gasteiger partial charge in [0.05, 0.1) is 9.79 Å². The average Bonchev–Trinajstić information content (AvgIpc) is 3.07. The van der Waals surface area contributed by atoms with Gasteiger partial charge in [0.1, 0.15) is 0 Å². The number of fused-ring (bicyclic) bond motifs is 2. The zero-order valence-electron chi connectivity index (χ0n) is 27.6. The summed E-state index contributed by atoms with van der Waals surface area (Å²) in [7, 11) is -3.61. The van der Waals surface area contributed by atoms with Gasteiger partial charge in [-0.3, -0.25) is 0 Å². The first-order chi connectivity index (χ1) is 23.7. The van der Waals surface area contributed by atoms with Crippen LogP contribution in [0, 0.1) is 0 Å². The summed E-state index contributed by atoms with van der Waals surface area (Å²) in [5, 5.41) is 2.32. The van der Waals surface area contributed by atoms with Crippen LogP contribution in [0.1, 0.15) is 52.5 Å². The van der Waals surface area contributed by atoms with Gasteiger partial charge >= 0.3 is 0 Å². The molecule has 0 spiro atoms. The second-order valence-electron chi connectivity index (χ2n) is 13.0. The number of likely N-dealkylation sites (N-methyl/N-ethyl adjacent to an activating group) is 2. The van der Waals surface area contributed by atoms with Gasteiger partial charge in [0.15, 0.2) is 0 Å². The van der Waals surface area contributed by atoms with Gasteiger partial charge in [0.2, 0.25) is 20.0 Å². The molecule has 2 aliphatic rings. The van der Waals surface area contributed by atoms with Crippen molar-refractivity contribution in [3.63, 3.8) is 0 Å². The van der Waals surface area contributed by atoms with Crippen LogP contribution in [0.25, 0.3) is 0 Å². The summed E-state index contributed by atoms with van der Waals surface area (Å²) in [6.45, 7) is 2.39. The summed E-state index contributed by atoms with van der Waals surface area (Å²) >= 11 is 25.6. The summed E-state index contributed by atoms with van der Waals surface area (Å²) < 4.78 is 58.3. The Morgan fingerprint density at radius 3 is 1.90 bits per heavy atom. The molecule has 2 unspecified atom stereocenters. The molecule has 14 heteroatoms. The van der Waals surface area contributed by atoms with E-state index in [-0.39, 0.29) is 34.7 Å². The molecular formula is C36H38Cl4N4O4S2.